The van der Waals surface area contributed by atoms with Crippen molar-refractivity contribution in [1.29, 1.82) is 0 Å². The van der Waals surface area contributed by atoms with Crippen molar-refractivity contribution >= 4 is 53.1 Å². The molecule has 0 N–H and O–H groups in total. The Morgan fingerprint density at radius 2 is 1.08 bits per heavy atom. The summed E-state index contributed by atoms with van der Waals surface area (Å²) in [5.74, 6) is 2.02. The first-order chi connectivity index (χ1) is 19.3. The lowest BCUT2D eigenvalue weighted by atomic mass is 10.0. The van der Waals surface area contributed by atoms with E-state index in [4.69, 9.17) is 15.0 Å². The smallest absolute Gasteiger partial charge is 0.164 e. The number of benzene rings is 6. The molecule has 0 saturated carbocycles. The molecule has 4 heteroatoms. The second kappa shape index (κ2) is 8.83. The Morgan fingerprint density at radius 3 is 1.97 bits per heavy atom. The molecule has 39 heavy (non-hydrogen) atoms. The topological polar surface area (TPSA) is 38.7 Å². The maximum Gasteiger partial charge on any atom is 0.164 e. The van der Waals surface area contributed by atoms with Gasteiger partial charge >= 0.3 is 0 Å². The van der Waals surface area contributed by atoms with E-state index >= 15 is 0 Å². The third kappa shape index (κ3) is 3.69. The van der Waals surface area contributed by atoms with Crippen molar-refractivity contribution in [2.75, 3.05) is 0 Å². The summed E-state index contributed by atoms with van der Waals surface area (Å²) < 4.78 is 2.60. The molecule has 3 nitrogen and oxygen atoms in total. The van der Waals surface area contributed by atoms with Crippen molar-refractivity contribution in [2.45, 2.75) is 0 Å². The molecule has 182 valence electrons. The minimum absolute atomic E-state index is 0.670. The molecule has 8 rings (SSSR count). The predicted octanol–water partition coefficient (Wildman–Crippen LogP) is 9.55. The van der Waals surface area contributed by atoms with E-state index in [-0.39, 0.29) is 0 Å². The first kappa shape index (κ1) is 22.1. The van der Waals surface area contributed by atoms with Gasteiger partial charge in [0.1, 0.15) is 0 Å². The van der Waals surface area contributed by atoms with Gasteiger partial charge in [0.25, 0.3) is 0 Å². The van der Waals surface area contributed by atoms with Crippen LogP contribution in [0.1, 0.15) is 0 Å². The zero-order chi connectivity index (χ0) is 25.8. The summed E-state index contributed by atoms with van der Waals surface area (Å²) in [5.41, 5.74) is 2.95. The fourth-order valence-electron chi connectivity index (χ4n) is 5.41. The van der Waals surface area contributed by atoms with Gasteiger partial charge in [0, 0.05) is 42.2 Å². The zero-order valence-corrected chi connectivity index (χ0v) is 21.7. The molecule has 0 saturated heterocycles. The second-order valence-corrected chi connectivity index (χ2v) is 10.7. The molecule has 0 amide bonds. The molecule has 0 spiro atoms. The van der Waals surface area contributed by atoms with Gasteiger partial charge in [0.2, 0.25) is 0 Å². The third-order valence-corrected chi connectivity index (χ3v) is 8.54. The number of hydrogen-bond acceptors (Lipinski definition) is 4. The number of thiophene rings is 1. The number of rotatable bonds is 3. The minimum Gasteiger partial charge on any atom is -0.208 e. The van der Waals surface area contributed by atoms with Crippen LogP contribution in [0.25, 0.3) is 75.9 Å². The van der Waals surface area contributed by atoms with Crippen molar-refractivity contribution in [1.82, 2.24) is 15.0 Å². The summed E-state index contributed by atoms with van der Waals surface area (Å²) in [4.78, 5) is 15.0. The van der Waals surface area contributed by atoms with E-state index in [2.05, 4.69) is 97.1 Å². The van der Waals surface area contributed by atoms with E-state index < -0.39 is 0 Å². The summed E-state index contributed by atoms with van der Waals surface area (Å²) in [6.07, 6.45) is 0. The van der Waals surface area contributed by atoms with Gasteiger partial charge in [-0.15, -0.1) is 11.3 Å². The average molecular weight is 516 g/mol. The Labute approximate surface area is 229 Å². The zero-order valence-electron chi connectivity index (χ0n) is 20.9. The van der Waals surface area contributed by atoms with Crippen LogP contribution < -0.4 is 0 Å². The van der Waals surface area contributed by atoms with Crippen LogP contribution in [0.5, 0.6) is 0 Å². The van der Waals surface area contributed by atoms with Gasteiger partial charge in [-0.2, -0.15) is 0 Å². The van der Waals surface area contributed by atoms with E-state index in [1.54, 1.807) is 0 Å². The fourth-order valence-corrected chi connectivity index (χ4v) is 6.64. The van der Waals surface area contributed by atoms with Crippen molar-refractivity contribution < 1.29 is 0 Å². The lowest BCUT2D eigenvalue weighted by Gasteiger charge is -2.11. The van der Waals surface area contributed by atoms with Gasteiger partial charge in [-0.1, -0.05) is 115 Å². The maximum absolute atomic E-state index is 5.06. The number of fused-ring (bicyclic) bond motifs is 6. The SMILES string of the molecule is c1ccc(-c2nc(-c3ccc4ccccc4c3)nc(-c3cccc4c3ccc3c5ccccc5sc43)n2)cc1. The lowest BCUT2D eigenvalue weighted by Crippen LogP contribution is -2.00. The van der Waals surface area contributed by atoms with Crippen LogP contribution in [0, 0.1) is 0 Å². The van der Waals surface area contributed by atoms with E-state index in [1.807, 2.05) is 41.7 Å². The highest BCUT2D eigenvalue weighted by atomic mass is 32.1. The van der Waals surface area contributed by atoms with Gasteiger partial charge in [0.15, 0.2) is 17.5 Å². The number of aromatic nitrogens is 3. The Hall–Kier alpha value is -4.93. The molecule has 0 bridgehead atoms. The second-order valence-electron chi connectivity index (χ2n) is 9.68. The molecule has 8 aromatic rings. The average Bonchev–Trinajstić information content (AvgIpc) is 3.40. The molecule has 0 atom stereocenters. The Bertz CT molecular complexity index is 2180. The van der Waals surface area contributed by atoms with Crippen LogP contribution >= 0.6 is 11.3 Å². The van der Waals surface area contributed by atoms with E-state index in [0.29, 0.717) is 17.5 Å². The minimum atomic E-state index is 0.670. The van der Waals surface area contributed by atoms with Gasteiger partial charge in [-0.3, -0.25) is 0 Å². The maximum atomic E-state index is 5.06. The molecule has 0 unspecified atom stereocenters. The first-order valence-corrected chi connectivity index (χ1v) is 13.8. The van der Waals surface area contributed by atoms with Crippen LogP contribution in [0.4, 0.5) is 0 Å². The van der Waals surface area contributed by atoms with Crippen molar-refractivity contribution in [3.05, 3.63) is 127 Å². The monoisotopic (exact) mass is 515 g/mol. The molecule has 0 aliphatic rings. The largest absolute Gasteiger partial charge is 0.208 e. The van der Waals surface area contributed by atoms with Crippen molar-refractivity contribution in [3.8, 4) is 34.2 Å². The number of nitrogens with zero attached hydrogens (tertiary/aromatic N) is 3. The van der Waals surface area contributed by atoms with Crippen LogP contribution in [-0.2, 0) is 0 Å². The summed E-state index contributed by atoms with van der Waals surface area (Å²) in [5, 5.41) is 7.31. The highest BCUT2D eigenvalue weighted by Gasteiger charge is 2.16. The number of hydrogen-bond donors (Lipinski definition) is 0. The quantitative estimate of drug-likeness (QED) is 0.235. The summed E-state index contributed by atoms with van der Waals surface area (Å²) in [6.45, 7) is 0. The highest BCUT2D eigenvalue weighted by molar-refractivity contribution is 7.26. The Balaban J connectivity index is 1.38. The molecule has 0 aliphatic carbocycles. The van der Waals surface area contributed by atoms with Gasteiger partial charge in [-0.05, 0) is 28.3 Å². The molecular formula is C35H21N3S. The van der Waals surface area contributed by atoms with E-state index in [0.717, 1.165) is 27.5 Å². The summed E-state index contributed by atoms with van der Waals surface area (Å²) >= 11 is 1.84. The molecule has 0 aliphatic heterocycles. The van der Waals surface area contributed by atoms with Crippen molar-refractivity contribution in [3.63, 3.8) is 0 Å². The van der Waals surface area contributed by atoms with Gasteiger partial charge < -0.3 is 0 Å². The van der Waals surface area contributed by atoms with Crippen molar-refractivity contribution in [2.24, 2.45) is 0 Å². The Morgan fingerprint density at radius 1 is 0.410 bits per heavy atom. The first-order valence-electron chi connectivity index (χ1n) is 13.0. The van der Waals surface area contributed by atoms with E-state index in [1.165, 1.54) is 30.9 Å². The van der Waals surface area contributed by atoms with E-state index in [9.17, 15) is 0 Å². The summed E-state index contributed by atoms with van der Waals surface area (Å²) in [6, 6.07) is 44.4. The van der Waals surface area contributed by atoms with Crippen LogP contribution in [-0.4, -0.2) is 15.0 Å². The standard InChI is InChI=1S/C35H21N3S/c1-2-10-23(11-3-1)33-36-34(25-18-17-22-9-4-5-12-24(22)21-25)38-35(37-33)30-15-8-14-28-26(30)19-20-29-27-13-6-7-16-31(27)39-32(28)29/h1-21H. The molecular weight excluding hydrogens is 494 g/mol. The fraction of sp³-hybridized carbons (Fsp3) is 0. The molecule has 0 fully saturated rings. The summed E-state index contributed by atoms with van der Waals surface area (Å²) in [7, 11) is 0. The van der Waals surface area contributed by atoms with Crippen LogP contribution in [0.15, 0.2) is 127 Å². The molecule has 2 aromatic heterocycles. The van der Waals surface area contributed by atoms with Crippen LogP contribution in [0.2, 0.25) is 0 Å². The normalized spacial score (nSPS) is 11.6. The van der Waals surface area contributed by atoms with Gasteiger partial charge in [0.05, 0.1) is 0 Å². The Kier molecular flexibility index (Phi) is 5.00. The molecule has 6 aromatic carbocycles. The van der Waals surface area contributed by atoms with Crippen LogP contribution in [0.3, 0.4) is 0 Å². The molecule has 0 radical (unpaired) electrons. The predicted molar refractivity (Wildman–Crippen MR) is 164 cm³/mol. The highest BCUT2D eigenvalue weighted by Crippen LogP contribution is 2.40. The third-order valence-electron chi connectivity index (χ3n) is 7.32. The van der Waals surface area contributed by atoms with Gasteiger partial charge in [-0.25, -0.2) is 15.0 Å². The lowest BCUT2D eigenvalue weighted by molar-refractivity contribution is 1.08. The molecule has 2 heterocycles.